The Hall–Kier alpha value is -3.93. The van der Waals surface area contributed by atoms with Crippen LogP contribution < -0.4 is 4.40 Å². The van der Waals surface area contributed by atoms with Crippen molar-refractivity contribution in [2.45, 2.75) is 24.2 Å². The van der Waals surface area contributed by atoms with Gasteiger partial charge < -0.3 is 4.98 Å². The predicted molar refractivity (Wildman–Crippen MR) is 201 cm³/mol. The van der Waals surface area contributed by atoms with E-state index in [0.717, 1.165) is 27.9 Å². The van der Waals surface area contributed by atoms with Gasteiger partial charge in [-0.1, -0.05) is 95.4 Å². The van der Waals surface area contributed by atoms with E-state index in [4.69, 9.17) is 4.98 Å². The first-order valence-electron chi connectivity index (χ1n) is 15.6. The number of pyridine rings is 2. The third-order valence-electron chi connectivity index (χ3n) is 8.33. The average Bonchev–Trinajstić information content (AvgIpc) is 3.48. The van der Waals surface area contributed by atoms with Crippen LogP contribution in [0.5, 0.6) is 0 Å². The van der Waals surface area contributed by atoms with E-state index in [0.29, 0.717) is 0 Å². The number of nitrogens with zero attached hydrogens (tertiary/aromatic N) is 2. The number of fused-ring (bicyclic) bond motifs is 4. The maximum atomic E-state index is 4.78. The summed E-state index contributed by atoms with van der Waals surface area (Å²) >= 11 is 0.0535. The van der Waals surface area contributed by atoms with Gasteiger partial charge in [0.2, 0.25) is 0 Å². The first-order chi connectivity index (χ1) is 22.4. The molecule has 47 heavy (non-hydrogen) atoms. The molecule has 1 radical (unpaired) electrons. The standard InChI is InChI=1S/C27H16NS.C15H18GeN.Ir/c1-2-8-18(9-3-1)21-14-15-22(24-16-19-10-4-5-11-20(19)17-28-24)27-26(21)23-12-6-7-13-25(23)29-27;1-12-10-15(13-8-6-5-7-9-13)17-11-14(12)16(2,3)4;/h1-14,16-17H;5-8,10-11H,1-4H3;/q2*-1;. The number of hydrogen-bond acceptors (Lipinski definition) is 3. The molecule has 0 aliphatic heterocycles. The van der Waals surface area contributed by atoms with E-state index in [1.807, 2.05) is 35.7 Å². The van der Waals surface area contributed by atoms with E-state index in [9.17, 15) is 0 Å². The Bertz CT molecular complexity index is 2310. The number of benzene rings is 5. The van der Waals surface area contributed by atoms with E-state index >= 15 is 0 Å². The number of thiophene rings is 1. The van der Waals surface area contributed by atoms with Crippen LogP contribution in [0.4, 0.5) is 0 Å². The third kappa shape index (κ3) is 6.88. The summed E-state index contributed by atoms with van der Waals surface area (Å²) < 4.78 is 4.03. The van der Waals surface area contributed by atoms with Crippen LogP contribution in [0.2, 0.25) is 17.3 Å². The van der Waals surface area contributed by atoms with Crippen LogP contribution in [0, 0.1) is 19.1 Å². The van der Waals surface area contributed by atoms with Crippen LogP contribution in [-0.4, -0.2) is 23.2 Å². The van der Waals surface area contributed by atoms with Crippen LogP contribution >= 0.6 is 11.3 Å². The van der Waals surface area contributed by atoms with Crippen molar-refractivity contribution in [2.24, 2.45) is 0 Å². The van der Waals surface area contributed by atoms with E-state index in [1.165, 1.54) is 46.6 Å². The molecule has 233 valence electrons. The van der Waals surface area contributed by atoms with Gasteiger partial charge in [-0.15, -0.1) is 17.7 Å². The van der Waals surface area contributed by atoms with Gasteiger partial charge in [0.25, 0.3) is 0 Å². The summed E-state index contributed by atoms with van der Waals surface area (Å²) in [7, 11) is 0. The molecule has 3 aromatic heterocycles. The molecule has 3 heterocycles. The SMILES string of the molecule is Cc1cc(-c2[c-]cccc2)nc[c]1[Ge]([CH3])([CH3])[CH3].[Ir].[c-]1cc(-c2ccccc2)c2c(sc3ccccc32)c1-c1cc2ccccc2cn1. The van der Waals surface area contributed by atoms with Crippen molar-refractivity contribution in [3.63, 3.8) is 0 Å². The Morgan fingerprint density at radius 3 is 2.13 bits per heavy atom. The third-order valence-corrected chi connectivity index (χ3v) is 14.0. The second-order valence-electron chi connectivity index (χ2n) is 12.6. The molecule has 0 aliphatic rings. The fourth-order valence-corrected chi connectivity index (χ4v) is 10.9. The number of hydrogen-bond donors (Lipinski definition) is 0. The molecule has 0 fully saturated rings. The zero-order chi connectivity index (χ0) is 31.7. The van der Waals surface area contributed by atoms with E-state index in [1.54, 1.807) is 0 Å². The fourth-order valence-electron chi connectivity index (χ4n) is 6.07. The van der Waals surface area contributed by atoms with E-state index in [-0.39, 0.29) is 20.1 Å². The molecule has 2 nitrogen and oxygen atoms in total. The van der Waals surface area contributed by atoms with Crippen molar-refractivity contribution in [3.05, 3.63) is 151 Å². The molecule has 8 rings (SSSR count). The maximum Gasteiger partial charge on any atom is 0.0239 e. The molecule has 0 bridgehead atoms. The zero-order valence-corrected chi connectivity index (χ0v) is 32.1. The van der Waals surface area contributed by atoms with Crippen molar-refractivity contribution in [1.82, 2.24) is 9.97 Å². The van der Waals surface area contributed by atoms with Crippen LogP contribution in [0.25, 0.3) is 64.6 Å². The van der Waals surface area contributed by atoms with Crippen molar-refractivity contribution < 1.29 is 20.1 Å². The van der Waals surface area contributed by atoms with Gasteiger partial charge >= 0.3 is 106 Å². The average molecular weight is 864 g/mol. The quantitative estimate of drug-likeness (QED) is 0.130. The van der Waals surface area contributed by atoms with Gasteiger partial charge in [-0.05, 0) is 32.6 Å². The van der Waals surface area contributed by atoms with E-state index < -0.39 is 13.3 Å². The molecular formula is C42H34GeIrN2S-2. The van der Waals surface area contributed by atoms with Gasteiger partial charge in [0.05, 0.1) is 0 Å². The Labute approximate surface area is 297 Å². The van der Waals surface area contributed by atoms with Gasteiger partial charge in [0.15, 0.2) is 0 Å². The summed E-state index contributed by atoms with van der Waals surface area (Å²) in [5, 5.41) is 4.94. The minimum atomic E-state index is -1.77. The molecule has 0 N–H and O–H groups in total. The summed E-state index contributed by atoms with van der Waals surface area (Å²) in [6.07, 6.45) is 4.04. The monoisotopic (exact) mass is 865 g/mol. The van der Waals surface area contributed by atoms with Crippen LogP contribution in [-0.2, 0) is 20.1 Å². The molecule has 0 spiro atoms. The molecule has 0 amide bonds. The molecule has 0 atom stereocenters. The van der Waals surface area contributed by atoms with Crippen LogP contribution in [0.1, 0.15) is 5.56 Å². The molecular weight excluding hydrogens is 829 g/mol. The normalized spacial score (nSPS) is 11.2. The summed E-state index contributed by atoms with van der Waals surface area (Å²) in [6.45, 7) is 2.19. The van der Waals surface area contributed by atoms with Crippen LogP contribution in [0.15, 0.2) is 134 Å². The molecule has 5 heteroatoms. The molecule has 5 aromatic carbocycles. The Kier molecular flexibility index (Phi) is 9.86. The summed E-state index contributed by atoms with van der Waals surface area (Å²) in [4.78, 5) is 9.37. The number of rotatable bonds is 4. The van der Waals surface area contributed by atoms with Crippen molar-refractivity contribution in [2.75, 3.05) is 0 Å². The number of aromatic nitrogens is 2. The predicted octanol–water partition coefficient (Wildman–Crippen LogP) is 11.1. The summed E-state index contributed by atoms with van der Waals surface area (Å²) in [6, 6.07) is 48.9. The van der Waals surface area contributed by atoms with Gasteiger partial charge in [0, 0.05) is 31.0 Å². The zero-order valence-electron chi connectivity index (χ0n) is 26.8. The van der Waals surface area contributed by atoms with Crippen molar-refractivity contribution in [3.8, 4) is 33.6 Å². The fraction of sp³-hybridized carbons (Fsp3) is 0.0952. The first-order valence-corrected chi connectivity index (χ1v) is 23.7. The first kappa shape index (κ1) is 33.0. The molecule has 0 aliphatic carbocycles. The van der Waals surface area contributed by atoms with Gasteiger partial charge in [-0.25, -0.2) is 0 Å². The van der Waals surface area contributed by atoms with Gasteiger partial charge in [0.1, 0.15) is 0 Å². The van der Waals surface area contributed by atoms with Crippen molar-refractivity contribution in [1.29, 1.82) is 0 Å². The Balaban J connectivity index is 0.000000185. The summed E-state index contributed by atoms with van der Waals surface area (Å²) in [5.41, 5.74) is 7.96. The molecule has 0 unspecified atom stereocenters. The molecule has 0 saturated carbocycles. The number of aryl methyl sites for hydroxylation is 1. The largest absolute Gasteiger partial charge is 0.304 e. The van der Waals surface area contributed by atoms with Crippen LogP contribution in [0.3, 0.4) is 0 Å². The Morgan fingerprint density at radius 2 is 1.38 bits per heavy atom. The van der Waals surface area contributed by atoms with Gasteiger partial charge in [-0.2, -0.15) is 11.3 Å². The Morgan fingerprint density at radius 1 is 0.681 bits per heavy atom. The second-order valence-corrected chi connectivity index (χ2v) is 24.2. The minimum absolute atomic E-state index is 0. The topological polar surface area (TPSA) is 25.8 Å². The maximum absolute atomic E-state index is 4.78. The van der Waals surface area contributed by atoms with Crippen molar-refractivity contribution >= 4 is 59.9 Å². The molecule has 0 saturated heterocycles. The summed E-state index contributed by atoms with van der Waals surface area (Å²) in [5.74, 6) is 7.20. The van der Waals surface area contributed by atoms with Gasteiger partial charge in [-0.3, -0.25) is 0 Å². The molecule has 8 aromatic rings. The van der Waals surface area contributed by atoms with E-state index in [2.05, 4.69) is 151 Å². The minimum Gasteiger partial charge on any atom is -0.304 e. The second kappa shape index (κ2) is 14.1. The smallest absolute Gasteiger partial charge is 0.0239 e.